The second kappa shape index (κ2) is 9.36. The van der Waals surface area contributed by atoms with Gasteiger partial charge in [-0.3, -0.25) is 19.6 Å². The van der Waals surface area contributed by atoms with E-state index in [-0.39, 0.29) is 45.5 Å². The lowest BCUT2D eigenvalue weighted by molar-refractivity contribution is 0.0972. The molecule has 2 N–H and O–H groups in total. The van der Waals surface area contributed by atoms with E-state index in [1.165, 1.54) is 6.20 Å². The van der Waals surface area contributed by atoms with Crippen LogP contribution in [0.5, 0.6) is 11.5 Å². The number of carbonyl (C=O) groups is 2. The number of benzene rings is 1. The number of hydrogen-bond donors (Lipinski definition) is 1. The molecular weight excluding hydrogens is 462 g/mol. The zero-order valence-corrected chi connectivity index (χ0v) is 18.9. The summed E-state index contributed by atoms with van der Waals surface area (Å²) in [7, 11) is 1.55. The fraction of sp³-hybridized carbons (Fsp3) is 0.217. The standard InChI is InChI=1S/C23H21N3O4.BrH/c1-13-10-16-20(26-12-13)23(28)19-15(6-8-25-21(19)22(16)27)14-4-5-17(18(11-14)29-2)30-9-3-7-24;/h4-6,8,10-12H,3,7,9,24H2,1-2H3;1H. The van der Waals surface area contributed by atoms with E-state index in [4.69, 9.17) is 15.2 Å². The summed E-state index contributed by atoms with van der Waals surface area (Å²) < 4.78 is 11.2. The average molecular weight is 484 g/mol. The van der Waals surface area contributed by atoms with E-state index in [1.807, 2.05) is 13.0 Å². The molecule has 7 nitrogen and oxygen atoms in total. The molecule has 1 aliphatic rings. The fourth-order valence-electron chi connectivity index (χ4n) is 3.49. The van der Waals surface area contributed by atoms with Gasteiger partial charge in [0.15, 0.2) is 11.5 Å². The van der Waals surface area contributed by atoms with Crippen LogP contribution in [0.25, 0.3) is 11.1 Å². The highest BCUT2D eigenvalue weighted by molar-refractivity contribution is 8.93. The Morgan fingerprint density at radius 2 is 1.77 bits per heavy atom. The van der Waals surface area contributed by atoms with Crippen molar-refractivity contribution >= 4 is 28.5 Å². The van der Waals surface area contributed by atoms with Crippen LogP contribution in [0, 0.1) is 6.92 Å². The molecule has 31 heavy (non-hydrogen) atoms. The van der Waals surface area contributed by atoms with Crippen LogP contribution in [0.3, 0.4) is 0 Å². The lowest BCUT2D eigenvalue weighted by atomic mass is 9.85. The summed E-state index contributed by atoms with van der Waals surface area (Å²) in [6.45, 7) is 2.84. The molecule has 4 rings (SSSR count). The number of aryl methyl sites for hydroxylation is 1. The lowest BCUT2D eigenvalue weighted by Gasteiger charge is -2.19. The van der Waals surface area contributed by atoms with Gasteiger partial charge in [-0.15, -0.1) is 17.0 Å². The largest absolute Gasteiger partial charge is 0.493 e. The number of methoxy groups -OCH3 is 1. The van der Waals surface area contributed by atoms with Gasteiger partial charge in [-0.25, -0.2) is 0 Å². The van der Waals surface area contributed by atoms with E-state index in [0.29, 0.717) is 41.3 Å². The van der Waals surface area contributed by atoms with Crippen molar-refractivity contribution in [3.05, 3.63) is 70.8 Å². The zero-order chi connectivity index (χ0) is 21.3. The highest BCUT2D eigenvalue weighted by Gasteiger charge is 2.34. The molecule has 0 atom stereocenters. The van der Waals surface area contributed by atoms with Crippen molar-refractivity contribution in [3.8, 4) is 22.6 Å². The molecule has 0 spiro atoms. The van der Waals surface area contributed by atoms with Crippen molar-refractivity contribution in [2.75, 3.05) is 20.3 Å². The SMILES string of the molecule is Br.COc1cc(-c2ccnc3c2C(=O)c2ncc(C)cc2C3=O)ccc1OCCCN. The number of nitrogens with zero attached hydrogens (tertiary/aromatic N) is 2. The third-order valence-corrected chi connectivity index (χ3v) is 4.96. The van der Waals surface area contributed by atoms with Gasteiger partial charge in [0.25, 0.3) is 0 Å². The number of rotatable bonds is 6. The smallest absolute Gasteiger partial charge is 0.215 e. The summed E-state index contributed by atoms with van der Waals surface area (Å²) in [5.74, 6) is 0.498. The van der Waals surface area contributed by atoms with Crippen molar-refractivity contribution in [1.82, 2.24) is 9.97 Å². The zero-order valence-electron chi connectivity index (χ0n) is 17.2. The van der Waals surface area contributed by atoms with Crippen LogP contribution in [0.1, 0.15) is 44.1 Å². The van der Waals surface area contributed by atoms with Gasteiger partial charge >= 0.3 is 0 Å². The molecule has 0 unspecified atom stereocenters. The number of halogens is 1. The first-order valence-electron chi connectivity index (χ1n) is 9.61. The van der Waals surface area contributed by atoms with Gasteiger partial charge < -0.3 is 15.2 Å². The van der Waals surface area contributed by atoms with Crippen LogP contribution in [-0.4, -0.2) is 41.8 Å². The minimum Gasteiger partial charge on any atom is -0.493 e. The van der Waals surface area contributed by atoms with Crippen molar-refractivity contribution in [3.63, 3.8) is 0 Å². The third-order valence-electron chi connectivity index (χ3n) is 4.96. The van der Waals surface area contributed by atoms with Gasteiger partial charge in [-0.2, -0.15) is 0 Å². The van der Waals surface area contributed by atoms with Crippen LogP contribution in [0.15, 0.2) is 42.7 Å². The van der Waals surface area contributed by atoms with Gasteiger partial charge in [0.2, 0.25) is 11.6 Å². The number of carbonyl (C=O) groups excluding carboxylic acids is 2. The van der Waals surface area contributed by atoms with Gasteiger partial charge in [-0.05, 0) is 60.8 Å². The molecule has 0 amide bonds. The molecule has 0 fully saturated rings. The monoisotopic (exact) mass is 483 g/mol. The van der Waals surface area contributed by atoms with Gasteiger partial charge in [-0.1, -0.05) is 6.07 Å². The molecule has 3 aromatic rings. The van der Waals surface area contributed by atoms with Crippen LogP contribution >= 0.6 is 17.0 Å². The molecule has 2 heterocycles. The number of pyridine rings is 2. The van der Waals surface area contributed by atoms with Crippen molar-refractivity contribution in [2.24, 2.45) is 5.73 Å². The predicted molar refractivity (Wildman–Crippen MR) is 122 cm³/mol. The van der Waals surface area contributed by atoms with Crippen molar-refractivity contribution in [2.45, 2.75) is 13.3 Å². The molecular formula is C23H22BrN3O4. The van der Waals surface area contributed by atoms with E-state index in [2.05, 4.69) is 9.97 Å². The average Bonchev–Trinajstić information content (AvgIpc) is 2.77. The summed E-state index contributed by atoms with van der Waals surface area (Å²) in [4.78, 5) is 34.7. The second-order valence-electron chi connectivity index (χ2n) is 7.01. The van der Waals surface area contributed by atoms with Gasteiger partial charge in [0, 0.05) is 12.4 Å². The molecule has 160 valence electrons. The Kier molecular flexibility index (Phi) is 6.82. The molecule has 0 aliphatic heterocycles. The van der Waals surface area contributed by atoms with Crippen LogP contribution < -0.4 is 15.2 Å². The number of aromatic nitrogens is 2. The second-order valence-corrected chi connectivity index (χ2v) is 7.01. The minimum absolute atomic E-state index is 0. The highest BCUT2D eigenvalue weighted by atomic mass is 79.9. The molecule has 1 aliphatic carbocycles. The maximum atomic E-state index is 13.2. The number of nitrogens with two attached hydrogens (primary N) is 1. The first kappa shape index (κ1) is 22.6. The number of ketones is 2. The van der Waals surface area contributed by atoms with E-state index in [0.717, 1.165) is 12.0 Å². The Hall–Kier alpha value is -3.10. The van der Waals surface area contributed by atoms with Crippen molar-refractivity contribution < 1.29 is 19.1 Å². The first-order chi connectivity index (χ1) is 14.5. The van der Waals surface area contributed by atoms with Crippen LogP contribution in [0.2, 0.25) is 0 Å². The first-order valence-corrected chi connectivity index (χ1v) is 9.61. The van der Waals surface area contributed by atoms with Crippen LogP contribution in [0.4, 0.5) is 0 Å². The van der Waals surface area contributed by atoms with E-state index in [9.17, 15) is 9.59 Å². The summed E-state index contributed by atoms with van der Waals surface area (Å²) >= 11 is 0. The maximum absolute atomic E-state index is 13.2. The number of ether oxygens (including phenoxy) is 2. The van der Waals surface area contributed by atoms with E-state index >= 15 is 0 Å². The van der Waals surface area contributed by atoms with Gasteiger partial charge in [0.05, 0.1) is 24.8 Å². The Bertz CT molecular complexity index is 1160. The lowest BCUT2D eigenvalue weighted by Crippen LogP contribution is -2.24. The summed E-state index contributed by atoms with van der Waals surface area (Å²) in [5.41, 5.74) is 8.47. The maximum Gasteiger partial charge on any atom is 0.215 e. The molecule has 0 bridgehead atoms. The van der Waals surface area contributed by atoms with E-state index < -0.39 is 0 Å². The molecule has 0 saturated heterocycles. The molecule has 2 aromatic heterocycles. The van der Waals surface area contributed by atoms with Crippen molar-refractivity contribution in [1.29, 1.82) is 0 Å². The molecule has 8 heteroatoms. The quantitative estimate of drug-likeness (QED) is 0.418. The predicted octanol–water partition coefficient (Wildman–Crippen LogP) is 3.54. The Morgan fingerprint density at radius 1 is 0.968 bits per heavy atom. The van der Waals surface area contributed by atoms with E-state index in [1.54, 1.807) is 37.6 Å². The van der Waals surface area contributed by atoms with Gasteiger partial charge in [0.1, 0.15) is 11.4 Å². The Balaban J connectivity index is 0.00000272. The Morgan fingerprint density at radius 3 is 2.52 bits per heavy atom. The minimum atomic E-state index is -0.315. The Labute approximate surface area is 190 Å². The highest BCUT2D eigenvalue weighted by Crippen LogP contribution is 2.37. The number of hydrogen-bond acceptors (Lipinski definition) is 7. The topological polar surface area (TPSA) is 104 Å². The molecule has 1 aromatic carbocycles. The fourth-order valence-corrected chi connectivity index (χ4v) is 3.49. The van der Waals surface area contributed by atoms with Crippen LogP contribution in [-0.2, 0) is 0 Å². The summed E-state index contributed by atoms with van der Waals surface area (Å²) in [6.07, 6.45) is 3.85. The summed E-state index contributed by atoms with van der Waals surface area (Å²) in [5, 5.41) is 0. The molecule has 0 radical (unpaired) electrons. The molecule has 0 saturated carbocycles. The summed E-state index contributed by atoms with van der Waals surface area (Å²) in [6, 6.07) is 8.78. The number of fused-ring (bicyclic) bond motifs is 2. The third kappa shape index (κ3) is 4.08. The normalized spacial score (nSPS) is 12.0.